The van der Waals surface area contributed by atoms with Crippen molar-refractivity contribution in [2.24, 2.45) is 0 Å². The monoisotopic (exact) mass is 332 g/mol. The van der Waals surface area contributed by atoms with Crippen LogP contribution in [-0.2, 0) is 22.4 Å². The predicted molar refractivity (Wildman–Crippen MR) is 82.5 cm³/mol. The van der Waals surface area contributed by atoms with Crippen molar-refractivity contribution in [1.82, 2.24) is 15.5 Å². The SMILES string of the molecule is CN1C(=O)NC(=O)C12Cc1ccc(NC(=O)CNC(=O)O)cc1C2. The molecule has 9 nitrogen and oxygen atoms in total. The highest BCUT2D eigenvalue weighted by Crippen LogP contribution is 2.37. The van der Waals surface area contributed by atoms with Gasteiger partial charge in [-0.25, -0.2) is 9.59 Å². The maximum absolute atomic E-state index is 12.2. The molecule has 1 aliphatic carbocycles. The van der Waals surface area contributed by atoms with Crippen molar-refractivity contribution in [1.29, 1.82) is 0 Å². The van der Waals surface area contributed by atoms with E-state index in [-0.39, 0.29) is 12.5 Å². The van der Waals surface area contributed by atoms with E-state index < -0.39 is 23.6 Å². The van der Waals surface area contributed by atoms with Crippen LogP contribution in [0.4, 0.5) is 15.3 Å². The lowest BCUT2D eigenvalue weighted by Crippen LogP contribution is -2.48. The number of amides is 5. The van der Waals surface area contributed by atoms with Crippen LogP contribution in [0.25, 0.3) is 0 Å². The number of carbonyl (C=O) groups is 4. The van der Waals surface area contributed by atoms with Crippen molar-refractivity contribution in [2.75, 3.05) is 18.9 Å². The summed E-state index contributed by atoms with van der Waals surface area (Å²) in [5, 5.41) is 15.4. The lowest BCUT2D eigenvalue weighted by molar-refractivity contribution is -0.125. The molecule has 1 atom stereocenters. The Morgan fingerprint density at radius 3 is 2.62 bits per heavy atom. The summed E-state index contributed by atoms with van der Waals surface area (Å²) in [7, 11) is 1.59. The Balaban J connectivity index is 1.75. The molecular weight excluding hydrogens is 316 g/mol. The predicted octanol–water partition coefficient (Wildman–Crippen LogP) is -0.0883. The van der Waals surface area contributed by atoms with E-state index in [0.29, 0.717) is 18.5 Å². The third-order valence-electron chi connectivity index (χ3n) is 4.45. The van der Waals surface area contributed by atoms with Crippen LogP contribution >= 0.6 is 0 Å². The zero-order valence-electron chi connectivity index (χ0n) is 12.9. The van der Waals surface area contributed by atoms with Crippen molar-refractivity contribution in [3.05, 3.63) is 29.3 Å². The van der Waals surface area contributed by atoms with E-state index in [2.05, 4.69) is 10.6 Å². The maximum Gasteiger partial charge on any atom is 0.405 e. The molecule has 1 spiro atoms. The van der Waals surface area contributed by atoms with Gasteiger partial charge in [-0.1, -0.05) is 6.07 Å². The number of carbonyl (C=O) groups excluding carboxylic acids is 3. The van der Waals surface area contributed by atoms with Crippen LogP contribution in [0.1, 0.15) is 11.1 Å². The Bertz CT molecular complexity index is 762. The van der Waals surface area contributed by atoms with Gasteiger partial charge in [0.2, 0.25) is 5.91 Å². The molecular formula is C15H16N4O5. The van der Waals surface area contributed by atoms with E-state index in [1.54, 1.807) is 25.2 Å². The van der Waals surface area contributed by atoms with Crippen molar-refractivity contribution >= 4 is 29.6 Å². The summed E-state index contributed by atoms with van der Waals surface area (Å²) in [6, 6.07) is 4.81. The van der Waals surface area contributed by atoms with Gasteiger partial charge in [0, 0.05) is 25.6 Å². The van der Waals surface area contributed by atoms with E-state index >= 15 is 0 Å². The second-order valence-corrected chi connectivity index (χ2v) is 5.89. The fraction of sp³-hybridized carbons (Fsp3) is 0.333. The Kier molecular flexibility index (Phi) is 3.63. The number of rotatable bonds is 3. The van der Waals surface area contributed by atoms with Crippen molar-refractivity contribution in [3.8, 4) is 0 Å². The van der Waals surface area contributed by atoms with Crippen LogP contribution in [0.15, 0.2) is 18.2 Å². The second kappa shape index (κ2) is 5.52. The van der Waals surface area contributed by atoms with Crippen LogP contribution < -0.4 is 16.0 Å². The average molecular weight is 332 g/mol. The second-order valence-electron chi connectivity index (χ2n) is 5.89. The zero-order chi connectivity index (χ0) is 17.5. The number of imide groups is 1. The van der Waals surface area contributed by atoms with Gasteiger partial charge in [0.25, 0.3) is 5.91 Å². The van der Waals surface area contributed by atoms with Crippen LogP contribution in [0.3, 0.4) is 0 Å². The minimum atomic E-state index is -1.28. The fourth-order valence-corrected chi connectivity index (χ4v) is 3.14. The molecule has 126 valence electrons. The number of urea groups is 1. The van der Waals surface area contributed by atoms with Gasteiger partial charge in [-0.2, -0.15) is 0 Å². The number of likely N-dealkylation sites (N-methyl/N-ethyl adjacent to an activating group) is 1. The average Bonchev–Trinajstić information content (AvgIpc) is 3.00. The molecule has 0 aromatic heterocycles. The van der Waals surface area contributed by atoms with Crippen LogP contribution in [-0.4, -0.2) is 53.1 Å². The first kappa shape index (κ1) is 15.8. The van der Waals surface area contributed by atoms with E-state index in [4.69, 9.17) is 5.11 Å². The lowest BCUT2D eigenvalue weighted by Gasteiger charge is -2.27. The van der Waals surface area contributed by atoms with E-state index in [1.165, 1.54) is 4.90 Å². The maximum atomic E-state index is 12.2. The van der Waals surface area contributed by atoms with E-state index in [9.17, 15) is 19.2 Å². The molecule has 1 fully saturated rings. The Hall–Kier alpha value is -3.10. The topological polar surface area (TPSA) is 128 Å². The third-order valence-corrected chi connectivity index (χ3v) is 4.45. The van der Waals surface area contributed by atoms with Gasteiger partial charge in [-0.3, -0.25) is 14.9 Å². The Labute approximate surface area is 137 Å². The van der Waals surface area contributed by atoms with Gasteiger partial charge < -0.3 is 20.6 Å². The summed E-state index contributed by atoms with van der Waals surface area (Å²) in [6.07, 6.45) is -0.486. The van der Waals surface area contributed by atoms with Crippen LogP contribution in [0.5, 0.6) is 0 Å². The molecule has 0 saturated carbocycles. The molecule has 0 bridgehead atoms. The summed E-state index contributed by atoms with van der Waals surface area (Å²) in [4.78, 5) is 47.4. The van der Waals surface area contributed by atoms with Gasteiger partial charge in [-0.15, -0.1) is 0 Å². The van der Waals surface area contributed by atoms with E-state index in [1.807, 2.05) is 5.32 Å². The third kappa shape index (κ3) is 2.53. The fourth-order valence-electron chi connectivity index (χ4n) is 3.14. The highest BCUT2D eigenvalue weighted by atomic mass is 16.4. The number of anilines is 1. The normalized spacial score (nSPS) is 21.6. The molecule has 4 N–H and O–H groups in total. The number of nitrogens with one attached hydrogen (secondary N) is 3. The molecule has 3 rings (SSSR count). The molecule has 5 amide bonds. The molecule has 1 aromatic rings. The van der Waals surface area contributed by atoms with Gasteiger partial charge in [-0.05, 0) is 23.3 Å². The molecule has 9 heteroatoms. The highest BCUT2D eigenvalue weighted by Gasteiger charge is 2.54. The first-order valence-corrected chi connectivity index (χ1v) is 7.29. The van der Waals surface area contributed by atoms with Gasteiger partial charge in [0.15, 0.2) is 0 Å². The lowest BCUT2D eigenvalue weighted by atomic mass is 9.95. The smallest absolute Gasteiger partial charge is 0.405 e. The number of carboxylic acid groups (broad SMARTS) is 1. The van der Waals surface area contributed by atoms with Gasteiger partial charge >= 0.3 is 12.1 Å². The molecule has 2 aliphatic rings. The number of fused-ring (bicyclic) bond motifs is 1. The number of hydrogen-bond donors (Lipinski definition) is 4. The van der Waals surface area contributed by atoms with Gasteiger partial charge in [0.1, 0.15) is 12.1 Å². The van der Waals surface area contributed by atoms with Gasteiger partial charge in [0.05, 0.1) is 0 Å². The zero-order valence-corrected chi connectivity index (χ0v) is 12.9. The summed E-state index contributed by atoms with van der Waals surface area (Å²) < 4.78 is 0. The molecule has 1 heterocycles. The van der Waals surface area contributed by atoms with Crippen LogP contribution in [0, 0.1) is 0 Å². The number of benzene rings is 1. The molecule has 1 aliphatic heterocycles. The van der Waals surface area contributed by atoms with E-state index in [0.717, 1.165) is 11.1 Å². The highest BCUT2D eigenvalue weighted by molar-refractivity contribution is 6.07. The van der Waals surface area contributed by atoms with Crippen LogP contribution in [0.2, 0.25) is 0 Å². The minimum absolute atomic E-state index is 0.317. The Morgan fingerprint density at radius 1 is 1.29 bits per heavy atom. The first-order chi connectivity index (χ1) is 11.3. The largest absolute Gasteiger partial charge is 0.465 e. The summed E-state index contributed by atoms with van der Waals surface area (Å²) in [5.74, 6) is -0.807. The quantitative estimate of drug-likeness (QED) is 0.575. The molecule has 1 unspecified atom stereocenters. The summed E-state index contributed by atoms with van der Waals surface area (Å²) in [5.41, 5.74) is 1.41. The molecule has 0 radical (unpaired) electrons. The standard InChI is InChI=1S/C15H16N4O5/c1-19-13(22)18-12(21)15(19)5-8-2-3-10(4-9(8)6-15)17-11(20)7-16-14(23)24/h2-4,16H,5-7H2,1H3,(H,17,20)(H,23,24)(H,18,21,22). The molecule has 1 aromatic carbocycles. The minimum Gasteiger partial charge on any atom is -0.465 e. The van der Waals surface area contributed by atoms with Crippen molar-refractivity contribution in [3.63, 3.8) is 0 Å². The molecule has 24 heavy (non-hydrogen) atoms. The molecule has 1 saturated heterocycles. The first-order valence-electron chi connectivity index (χ1n) is 7.29. The van der Waals surface area contributed by atoms with Crippen molar-refractivity contribution in [2.45, 2.75) is 18.4 Å². The number of hydrogen-bond acceptors (Lipinski definition) is 4. The summed E-state index contributed by atoms with van der Waals surface area (Å²) in [6.45, 7) is -0.351. The van der Waals surface area contributed by atoms with Crippen molar-refractivity contribution < 1.29 is 24.3 Å². The number of nitrogens with zero attached hydrogens (tertiary/aromatic N) is 1. The summed E-state index contributed by atoms with van der Waals surface area (Å²) >= 11 is 0. The Morgan fingerprint density at radius 2 is 2.00 bits per heavy atom.